The standard InChI is InChI=1S/C21H27N3O4S2/c25-21(24-11-9-23(10-12-24)16-19-4-2-14-29-19)17-5-7-20(8-6-17)30(26,27)22-15-18-3-1-13-28-18/h2,4-8,14,18,22H,1,3,9-13,15-16H2/t18-/m1/s1. The van der Waals surface area contributed by atoms with Crippen molar-refractivity contribution in [3.63, 3.8) is 0 Å². The number of hydrogen-bond acceptors (Lipinski definition) is 6. The molecule has 4 rings (SSSR count). The minimum Gasteiger partial charge on any atom is -0.377 e. The molecule has 0 spiro atoms. The van der Waals surface area contributed by atoms with E-state index in [1.807, 2.05) is 4.90 Å². The third-order valence-electron chi connectivity index (χ3n) is 5.56. The average Bonchev–Trinajstić information content (AvgIpc) is 3.47. The van der Waals surface area contributed by atoms with Crippen molar-refractivity contribution in [3.05, 3.63) is 52.2 Å². The fourth-order valence-electron chi connectivity index (χ4n) is 3.78. The molecule has 0 aliphatic carbocycles. The number of rotatable bonds is 7. The summed E-state index contributed by atoms with van der Waals surface area (Å²) in [7, 11) is -3.61. The molecule has 7 nitrogen and oxygen atoms in total. The van der Waals surface area contributed by atoms with E-state index in [0.29, 0.717) is 25.3 Å². The molecule has 2 saturated heterocycles. The highest BCUT2D eigenvalue weighted by Gasteiger charge is 2.24. The van der Waals surface area contributed by atoms with Gasteiger partial charge >= 0.3 is 0 Å². The Morgan fingerprint density at radius 3 is 2.53 bits per heavy atom. The molecule has 2 fully saturated rings. The van der Waals surface area contributed by atoms with Gasteiger partial charge in [0.25, 0.3) is 5.91 Å². The van der Waals surface area contributed by atoms with Crippen molar-refractivity contribution < 1.29 is 17.9 Å². The number of sulfonamides is 1. The highest BCUT2D eigenvalue weighted by Crippen LogP contribution is 2.17. The van der Waals surface area contributed by atoms with Crippen molar-refractivity contribution in [1.29, 1.82) is 0 Å². The molecule has 3 heterocycles. The maximum Gasteiger partial charge on any atom is 0.253 e. The van der Waals surface area contributed by atoms with E-state index in [4.69, 9.17) is 4.74 Å². The average molecular weight is 450 g/mol. The molecule has 1 N–H and O–H groups in total. The summed E-state index contributed by atoms with van der Waals surface area (Å²) in [4.78, 5) is 18.5. The SMILES string of the molecule is O=C(c1ccc(S(=O)(=O)NC[C@H]2CCCO2)cc1)N1CCN(Cc2cccs2)CC1. The molecule has 1 atom stereocenters. The Kier molecular flexibility index (Phi) is 6.84. The van der Waals surface area contributed by atoms with Crippen molar-refractivity contribution in [1.82, 2.24) is 14.5 Å². The van der Waals surface area contributed by atoms with Gasteiger partial charge in [0.05, 0.1) is 11.0 Å². The normalized spacial score (nSPS) is 20.5. The Morgan fingerprint density at radius 2 is 1.90 bits per heavy atom. The minimum atomic E-state index is -3.61. The van der Waals surface area contributed by atoms with Gasteiger partial charge in [-0.15, -0.1) is 11.3 Å². The first-order chi connectivity index (χ1) is 14.5. The van der Waals surface area contributed by atoms with Crippen LogP contribution in [0.15, 0.2) is 46.7 Å². The van der Waals surface area contributed by atoms with Gasteiger partial charge in [-0.25, -0.2) is 13.1 Å². The number of thiophene rings is 1. The van der Waals surface area contributed by atoms with E-state index in [9.17, 15) is 13.2 Å². The first-order valence-electron chi connectivity index (χ1n) is 10.3. The van der Waals surface area contributed by atoms with Gasteiger partial charge in [-0.2, -0.15) is 0 Å². The van der Waals surface area contributed by atoms with Gasteiger partial charge in [-0.3, -0.25) is 9.69 Å². The van der Waals surface area contributed by atoms with E-state index in [1.165, 1.54) is 17.0 Å². The molecule has 2 aliphatic rings. The zero-order valence-electron chi connectivity index (χ0n) is 16.8. The number of piperazine rings is 1. The topological polar surface area (TPSA) is 78.9 Å². The lowest BCUT2D eigenvalue weighted by atomic mass is 10.2. The molecule has 162 valence electrons. The van der Waals surface area contributed by atoms with E-state index in [0.717, 1.165) is 32.5 Å². The van der Waals surface area contributed by atoms with Crippen molar-refractivity contribution in [2.24, 2.45) is 0 Å². The van der Waals surface area contributed by atoms with Crippen LogP contribution in [0.2, 0.25) is 0 Å². The molecule has 0 radical (unpaired) electrons. The first kappa shape index (κ1) is 21.5. The van der Waals surface area contributed by atoms with E-state index >= 15 is 0 Å². The largest absolute Gasteiger partial charge is 0.377 e. The molecular formula is C21H27N3O4S2. The third-order valence-corrected chi connectivity index (χ3v) is 7.86. The van der Waals surface area contributed by atoms with E-state index in [1.54, 1.807) is 23.5 Å². The van der Waals surface area contributed by atoms with Gasteiger partial charge in [0.2, 0.25) is 10.0 Å². The van der Waals surface area contributed by atoms with Crippen LogP contribution in [0.3, 0.4) is 0 Å². The molecule has 1 aromatic heterocycles. The van der Waals surface area contributed by atoms with Crippen molar-refractivity contribution >= 4 is 27.3 Å². The molecule has 30 heavy (non-hydrogen) atoms. The zero-order valence-corrected chi connectivity index (χ0v) is 18.5. The molecule has 2 aromatic rings. The van der Waals surface area contributed by atoms with Gasteiger partial charge in [0, 0.05) is 56.3 Å². The summed E-state index contributed by atoms with van der Waals surface area (Å²) in [5, 5.41) is 2.08. The third kappa shape index (κ3) is 5.28. The van der Waals surface area contributed by atoms with Crippen LogP contribution in [-0.2, 0) is 21.3 Å². The number of nitrogens with one attached hydrogen (secondary N) is 1. The number of carbonyl (C=O) groups excluding carboxylic acids is 1. The number of nitrogens with zero attached hydrogens (tertiary/aromatic N) is 2. The molecule has 1 amide bonds. The second-order valence-electron chi connectivity index (χ2n) is 7.66. The summed E-state index contributed by atoms with van der Waals surface area (Å²) in [6.45, 7) is 4.91. The highest BCUT2D eigenvalue weighted by atomic mass is 32.2. The highest BCUT2D eigenvalue weighted by molar-refractivity contribution is 7.89. The zero-order chi connectivity index (χ0) is 21.0. The molecule has 0 unspecified atom stereocenters. The smallest absolute Gasteiger partial charge is 0.253 e. The lowest BCUT2D eigenvalue weighted by molar-refractivity contribution is 0.0629. The minimum absolute atomic E-state index is 0.0537. The van der Waals surface area contributed by atoms with Gasteiger partial charge < -0.3 is 9.64 Å². The van der Waals surface area contributed by atoms with Gasteiger partial charge in [0.15, 0.2) is 0 Å². The van der Waals surface area contributed by atoms with Crippen LogP contribution in [0, 0.1) is 0 Å². The fourth-order valence-corrected chi connectivity index (χ4v) is 5.60. The van der Waals surface area contributed by atoms with Crippen LogP contribution in [0.25, 0.3) is 0 Å². The van der Waals surface area contributed by atoms with Crippen LogP contribution in [0.5, 0.6) is 0 Å². The summed E-state index contributed by atoms with van der Waals surface area (Å²) in [5.74, 6) is -0.0537. The monoisotopic (exact) mass is 449 g/mol. The van der Waals surface area contributed by atoms with Crippen LogP contribution < -0.4 is 4.72 Å². The van der Waals surface area contributed by atoms with Crippen molar-refractivity contribution in [2.45, 2.75) is 30.4 Å². The van der Waals surface area contributed by atoms with E-state index in [2.05, 4.69) is 27.1 Å². The van der Waals surface area contributed by atoms with Crippen LogP contribution in [0.1, 0.15) is 28.1 Å². The summed E-state index contributed by atoms with van der Waals surface area (Å²) in [6, 6.07) is 10.4. The first-order valence-corrected chi connectivity index (χ1v) is 12.6. The Balaban J connectivity index is 1.30. The molecule has 1 aromatic carbocycles. The second kappa shape index (κ2) is 9.57. The predicted molar refractivity (Wildman–Crippen MR) is 116 cm³/mol. The molecule has 0 bridgehead atoms. The molecular weight excluding hydrogens is 422 g/mol. The Hall–Kier alpha value is -1.78. The summed E-state index contributed by atoms with van der Waals surface area (Å²) >= 11 is 1.75. The summed E-state index contributed by atoms with van der Waals surface area (Å²) in [6.07, 6.45) is 1.78. The number of amides is 1. The maximum absolute atomic E-state index is 12.8. The summed E-state index contributed by atoms with van der Waals surface area (Å²) in [5.41, 5.74) is 0.514. The Morgan fingerprint density at radius 1 is 1.13 bits per heavy atom. The number of hydrogen-bond donors (Lipinski definition) is 1. The van der Waals surface area contributed by atoms with E-state index in [-0.39, 0.29) is 23.5 Å². The summed E-state index contributed by atoms with van der Waals surface area (Å²) < 4.78 is 33.0. The second-order valence-corrected chi connectivity index (χ2v) is 10.5. The molecule has 9 heteroatoms. The number of ether oxygens (including phenoxy) is 1. The Labute approximate surface area is 181 Å². The van der Waals surface area contributed by atoms with Crippen LogP contribution in [0.4, 0.5) is 0 Å². The molecule has 0 saturated carbocycles. The predicted octanol–water partition coefficient (Wildman–Crippen LogP) is 2.16. The van der Waals surface area contributed by atoms with E-state index < -0.39 is 10.0 Å². The lowest BCUT2D eigenvalue weighted by Gasteiger charge is -2.34. The number of carbonyl (C=O) groups is 1. The van der Waals surface area contributed by atoms with Crippen molar-refractivity contribution in [2.75, 3.05) is 39.3 Å². The quantitative estimate of drug-likeness (QED) is 0.701. The van der Waals surface area contributed by atoms with Crippen LogP contribution >= 0.6 is 11.3 Å². The maximum atomic E-state index is 12.8. The van der Waals surface area contributed by atoms with Crippen LogP contribution in [-0.4, -0.2) is 69.6 Å². The van der Waals surface area contributed by atoms with Gasteiger partial charge in [-0.1, -0.05) is 6.07 Å². The fraction of sp³-hybridized carbons (Fsp3) is 0.476. The lowest BCUT2D eigenvalue weighted by Crippen LogP contribution is -2.48. The number of benzene rings is 1. The Bertz CT molecular complexity index is 931. The van der Waals surface area contributed by atoms with Gasteiger partial charge in [0.1, 0.15) is 0 Å². The van der Waals surface area contributed by atoms with Gasteiger partial charge in [-0.05, 0) is 48.6 Å². The van der Waals surface area contributed by atoms with Crippen molar-refractivity contribution in [3.8, 4) is 0 Å². The molecule has 2 aliphatic heterocycles.